The summed E-state index contributed by atoms with van der Waals surface area (Å²) in [5.74, 6) is -0.0298. The van der Waals surface area contributed by atoms with Crippen molar-refractivity contribution in [2.45, 2.75) is 30.7 Å². The molecular weight excluding hydrogens is 535 g/mol. The molecule has 0 saturated carbocycles. The van der Waals surface area contributed by atoms with Gasteiger partial charge in [0.25, 0.3) is 0 Å². The Labute approximate surface area is 212 Å². The summed E-state index contributed by atoms with van der Waals surface area (Å²) in [5.41, 5.74) is 3.10. The summed E-state index contributed by atoms with van der Waals surface area (Å²) in [5, 5.41) is 14.3. The van der Waals surface area contributed by atoms with Crippen molar-refractivity contribution >= 4 is 60.8 Å². The summed E-state index contributed by atoms with van der Waals surface area (Å²) in [6, 6.07) is 14.3. The van der Waals surface area contributed by atoms with Crippen LogP contribution in [-0.4, -0.2) is 21.6 Å². The molecule has 0 bridgehead atoms. The van der Waals surface area contributed by atoms with E-state index in [4.69, 9.17) is 0 Å². The number of amides is 1. The number of rotatable bonds is 5. The van der Waals surface area contributed by atoms with Gasteiger partial charge in [0, 0.05) is 20.3 Å². The molecule has 0 radical (unpaired) electrons. The standard InChI is InChI=1S/C25H18BrFN4OS2/c26-15-7-5-14(6-8-15)23-29-20-10-9-16(27)11-18(20)24(31-23)33-13-22(32)30-25-19(12-28)17-3-1-2-4-21(17)34-25/h5-11H,1-4,13H2,(H,30,32). The molecule has 0 saturated heterocycles. The molecule has 170 valence electrons. The third kappa shape index (κ3) is 4.71. The molecule has 5 nitrogen and oxygen atoms in total. The first-order chi connectivity index (χ1) is 16.5. The Kier molecular flexibility index (Phi) is 6.63. The van der Waals surface area contributed by atoms with Crippen molar-refractivity contribution < 1.29 is 9.18 Å². The second-order valence-electron chi connectivity index (χ2n) is 7.88. The number of halogens is 2. The predicted octanol–water partition coefficient (Wildman–Crippen LogP) is 6.74. The topological polar surface area (TPSA) is 78.7 Å². The molecule has 1 aliphatic carbocycles. The molecule has 1 aliphatic rings. The summed E-state index contributed by atoms with van der Waals surface area (Å²) < 4.78 is 14.9. The molecule has 2 aromatic heterocycles. The number of aromatic nitrogens is 2. The minimum Gasteiger partial charge on any atom is -0.316 e. The average Bonchev–Trinajstić information content (AvgIpc) is 3.19. The lowest BCUT2D eigenvalue weighted by molar-refractivity contribution is -0.113. The molecule has 2 heterocycles. The molecule has 1 amide bonds. The molecule has 34 heavy (non-hydrogen) atoms. The number of nitrogens with one attached hydrogen (secondary N) is 1. The van der Waals surface area contributed by atoms with Gasteiger partial charge in [0.15, 0.2) is 5.82 Å². The number of thiophene rings is 1. The van der Waals surface area contributed by atoms with E-state index in [9.17, 15) is 14.4 Å². The SMILES string of the molecule is N#Cc1c(NC(=O)CSc2nc(-c3ccc(Br)cc3)nc3ccc(F)cc23)sc2c1CCCC2. The monoisotopic (exact) mass is 552 g/mol. The van der Waals surface area contributed by atoms with E-state index < -0.39 is 0 Å². The third-order valence-corrected chi connectivity index (χ3v) is 8.33. The van der Waals surface area contributed by atoms with E-state index >= 15 is 0 Å². The maximum absolute atomic E-state index is 14.0. The Bertz CT molecular complexity index is 1450. The van der Waals surface area contributed by atoms with Gasteiger partial charge in [0.1, 0.15) is 21.9 Å². The van der Waals surface area contributed by atoms with Gasteiger partial charge in [-0.2, -0.15) is 5.26 Å². The Balaban J connectivity index is 1.40. The van der Waals surface area contributed by atoms with Gasteiger partial charge in [-0.25, -0.2) is 14.4 Å². The fraction of sp³-hybridized carbons (Fsp3) is 0.200. The number of benzene rings is 2. The Hall–Kier alpha value is -2.80. The zero-order valence-corrected chi connectivity index (χ0v) is 21.1. The largest absolute Gasteiger partial charge is 0.316 e. The van der Waals surface area contributed by atoms with Crippen LogP contribution >= 0.6 is 39.0 Å². The van der Waals surface area contributed by atoms with Gasteiger partial charge in [-0.1, -0.05) is 39.8 Å². The van der Waals surface area contributed by atoms with Crippen LogP contribution in [0.3, 0.4) is 0 Å². The molecule has 0 spiro atoms. The fourth-order valence-electron chi connectivity index (χ4n) is 3.98. The lowest BCUT2D eigenvalue weighted by Gasteiger charge is -2.10. The Morgan fingerprint density at radius 2 is 1.97 bits per heavy atom. The van der Waals surface area contributed by atoms with Crippen molar-refractivity contribution in [3.05, 3.63) is 68.8 Å². The van der Waals surface area contributed by atoms with Gasteiger partial charge in [0.05, 0.1) is 16.8 Å². The van der Waals surface area contributed by atoms with E-state index in [1.165, 1.54) is 40.1 Å². The number of carbonyl (C=O) groups is 1. The van der Waals surface area contributed by atoms with E-state index in [0.717, 1.165) is 41.3 Å². The van der Waals surface area contributed by atoms with Crippen LogP contribution in [0.25, 0.3) is 22.3 Å². The van der Waals surface area contributed by atoms with Crippen molar-refractivity contribution in [1.82, 2.24) is 9.97 Å². The number of nitrogens with zero attached hydrogens (tertiary/aromatic N) is 3. The normalized spacial score (nSPS) is 12.9. The van der Waals surface area contributed by atoms with Gasteiger partial charge in [-0.15, -0.1) is 11.3 Å². The Morgan fingerprint density at radius 3 is 2.76 bits per heavy atom. The average molecular weight is 553 g/mol. The van der Waals surface area contributed by atoms with Crippen molar-refractivity contribution in [2.75, 3.05) is 11.1 Å². The van der Waals surface area contributed by atoms with Gasteiger partial charge < -0.3 is 5.32 Å². The molecule has 0 aliphatic heterocycles. The maximum atomic E-state index is 14.0. The van der Waals surface area contributed by atoms with Crippen LogP contribution in [0, 0.1) is 17.1 Å². The first-order valence-electron chi connectivity index (χ1n) is 10.7. The third-order valence-electron chi connectivity index (χ3n) is 5.60. The number of thioether (sulfide) groups is 1. The minimum absolute atomic E-state index is 0.0792. The first-order valence-corrected chi connectivity index (χ1v) is 13.3. The maximum Gasteiger partial charge on any atom is 0.235 e. The zero-order chi connectivity index (χ0) is 23.7. The number of hydrogen-bond donors (Lipinski definition) is 1. The number of fused-ring (bicyclic) bond motifs is 2. The van der Waals surface area contributed by atoms with Gasteiger partial charge in [-0.3, -0.25) is 4.79 Å². The van der Waals surface area contributed by atoms with Crippen LogP contribution < -0.4 is 5.32 Å². The molecule has 1 N–H and O–H groups in total. The molecule has 0 unspecified atom stereocenters. The first kappa shape index (κ1) is 23.0. The van der Waals surface area contributed by atoms with E-state index in [1.807, 2.05) is 24.3 Å². The van der Waals surface area contributed by atoms with Crippen LogP contribution in [-0.2, 0) is 17.6 Å². The highest BCUT2D eigenvalue weighted by atomic mass is 79.9. The van der Waals surface area contributed by atoms with Crippen molar-refractivity contribution in [1.29, 1.82) is 5.26 Å². The van der Waals surface area contributed by atoms with Crippen molar-refractivity contribution in [3.63, 3.8) is 0 Å². The number of hydrogen-bond acceptors (Lipinski definition) is 6. The number of aryl methyl sites for hydroxylation is 1. The van der Waals surface area contributed by atoms with Crippen LogP contribution in [0.4, 0.5) is 9.39 Å². The molecule has 2 aromatic carbocycles. The second kappa shape index (κ2) is 9.82. The Morgan fingerprint density at radius 1 is 1.18 bits per heavy atom. The van der Waals surface area contributed by atoms with Gasteiger partial charge in [-0.05, 0) is 61.6 Å². The van der Waals surface area contributed by atoms with E-state index in [1.54, 1.807) is 6.07 Å². The highest BCUT2D eigenvalue weighted by molar-refractivity contribution is 9.10. The molecule has 9 heteroatoms. The summed E-state index contributed by atoms with van der Waals surface area (Å²) in [4.78, 5) is 23.2. The van der Waals surface area contributed by atoms with E-state index in [-0.39, 0.29) is 17.5 Å². The van der Waals surface area contributed by atoms with Crippen LogP contribution in [0.15, 0.2) is 52.0 Å². The summed E-state index contributed by atoms with van der Waals surface area (Å²) >= 11 is 6.15. The molecule has 4 aromatic rings. The van der Waals surface area contributed by atoms with Crippen LogP contribution in [0.1, 0.15) is 28.8 Å². The zero-order valence-electron chi connectivity index (χ0n) is 17.9. The predicted molar refractivity (Wildman–Crippen MR) is 138 cm³/mol. The second-order valence-corrected chi connectivity index (χ2v) is 10.9. The minimum atomic E-state index is -0.387. The number of anilines is 1. The molecule has 0 atom stereocenters. The number of nitriles is 1. The fourth-order valence-corrected chi connectivity index (χ4v) is 6.31. The van der Waals surface area contributed by atoms with Crippen LogP contribution in [0.5, 0.6) is 0 Å². The molecular formula is C25H18BrFN4OS2. The smallest absolute Gasteiger partial charge is 0.235 e. The van der Waals surface area contributed by atoms with Crippen LogP contribution in [0.2, 0.25) is 0 Å². The molecule has 5 rings (SSSR count). The summed E-state index contributed by atoms with van der Waals surface area (Å²) in [6.45, 7) is 0. The quantitative estimate of drug-likeness (QED) is 0.219. The summed E-state index contributed by atoms with van der Waals surface area (Å²) in [7, 11) is 0. The number of carbonyl (C=O) groups excluding carboxylic acids is 1. The van der Waals surface area contributed by atoms with Gasteiger partial charge >= 0.3 is 0 Å². The molecule has 0 fully saturated rings. The van der Waals surface area contributed by atoms with E-state index in [2.05, 4.69) is 37.3 Å². The highest BCUT2D eigenvalue weighted by Crippen LogP contribution is 2.38. The lowest BCUT2D eigenvalue weighted by atomic mass is 9.96. The van der Waals surface area contributed by atoms with E-state index in [0.29, 0.717) is 32.3 Å². The lowest BCUT2D eigenvalue weighted by Crippen LogP contribution is -2.14. The van der Waals surface area contributed by atoms with Gasteiger partial charge in [0.2, 0.25) is 5.91 Å². The highest BCUT2D eigenvalue weighted by Gasteiger charge is 2.22. The van der Waals surface area contributed by atoms with Crippen molar-refractivity contribution in [3.8, 4) is 17.5 Å². The van der Waals surface area contributed by atoms with Crippen molar-refractivity contribution in [2.24, 2.45) is 0 Å². The summed E-state index contributed by atoms with van der Waals surface area (Å²) in [6.07, 6.45) is 4.02.